The van der Waals surface area contributed by atoms with E-state index >= 15 is 4.39 Å². The molecule has 3 N–H and O–H groups in total. The molecule has 2 heterocycles. The summed E-state index contributed by atoms with van der Waals surface area (Å²) in [6, 6.07) is 13.7. The van der Waals surface area contributed by atoms with Crippen LogP contribution in [0.2, 0.25) is 0 Å². The Balaban J connectivity index is 1.18. The summed E-state index contributed by atoms with van der Waals surface area (Å²) >= 11 is 0. The van der Waals surface area contributed by atoms with Gasteiger partial charge in [-0.15, -0.1) is 0 Å². The number of amides is 2. The van der Waals surface area contributed by atoms with Gasteiger partial charge in [0, 0.05) is 61.5 Å². The fourth-order valence-corrected chi connectivity index (χ4v) is 5.87. The van der Waals surface area contributed by atoms with Crippen molar-refractivity contribution in [1.29, 1.82) is 5.26 Å². The molecule has 1 fully saturated rings. The number of primary amides is 1. The maximum Gasteiger partial charge on any atom is 0.417 e. The Hall–Kier alpha value is -5.16. The number of hydrogen-bond donors (Lipinski definition) is 2. The molecule has 1 saturated heterocycles. The first kappa shape index (κ1) is 33.2. The Morgan fingerprint density at radius 2 is 1.81 bits per heavy atom. The molecular weight excluding hydrogens is 622 g/mol. The van der Waals surface area contributed by atoms with E-state index in [1.807, 2.05) is 4.90 Å². The van der Waals surface area contributed by atoms with Crippen LogP contribution < -0.4 is 15.4 Å². The number of alkyl halides is 3. The van der Waals surface area contributed by atoms with Gasteiger partial charge in [0.25, 0.3) is 5.91 Å². The molecule has 0 aromatic heterocycles. The first-order valence-corrected chi connectivity index (χ1v) is 14.8. The van der Waals surface area contributed by atoms with Crippen molar-refractivity contribution >= 4 is 23.5 Å². The summed E-state index contributed by atoms with van der Waals surface area (Å²) in [6.45, 7) is 2.27. The van der Waals surface area contributed by atoms with Crippen LogP contribution in [0, 0.1) is 17.1 Å². The molecule has 14 heteroatoms. The second-order valence-corrected chi connectivity index (χ2v) is 11.4. The van der Waals surface area contributed by atoms with Gasteiger partial charge in [-0.05, 0) is 48.4 Å². The van der Waals surface area contributed by atoms with Crippen molar-refractivity contribution in [1.82, 2.24) is 9.80 Å². The lowest BCUT2D eigenvalue weighted by atomic mass is 10.1. The molecule has 5 rings (SSSR count). The van der Waals surface area contributed by atoms with Gasteiger partial charge < -0.3 is 25.4 Å². The van der Waals surface area contributed by atoms with Gasteiger partial charge in [-0.1, -0.05) is 18.2 Å². The van der Waals surface area contributed by atoms with Crippen molar-refractivity contribution in [3.8, 4) is 11.8 Å². The number of carbonyl (C=O) groups excluding carboxylic acids is 2. The van der Waals surface area contributed by atoms with E-state index in [9.17, 15) is 27.6 Å². The number of carbonyl (C=O) groups is 3. The minimum atomic E-state index is -4.63. The molecule has 0 unspecified atom stereocenters. The number of fused-ring (bicyclic) bond motifs is 1. The summed E-state index contributed by atoms with van der Waals surface area (Å²) in [5.41, 5.74) is 6.24. The summed E-state index contributed by atoms with van der Waals surface area (Å²) in [4.78, 5) is 41.2. The van der Waals surface area contributed by atoms with E-state index in [0.29, 0.717) is 60.9 Å². The van der Waals surface area contributed by atoms with E-state index in [4.69, 9.17) is 20.8 Å². The van der Waals surface area contributed by atoms with E-state index in [1.54, 1.807) is 36.4 Å². The van der Waals surface area contributed by atoms with E-state index in [-0.39, 0.29) is 31.6 Å². The highest BCUT2D eigenvalue weighted by atomic mass is 19.4. The Labute approximate surface area is 267 Å². The fourth-order valence-electron chi connectivity index (χ4n) is 5.87. The fraction of sp³-hybridized carbons (Fsp3) is 0.333. The number of nitrogens with zero attached hydrogens (tertiary/aromatic N) is 4. The number of rotatable bonds is 11. The zero-order chi connectivity index (χ0) is 33.9. The van der Waals surface area contributed by atoms with Gasteiger partial charge in [-0.25, -0.2) is 4.39 Å². The van der Waals surface area contributed by atoms with E-state index in [2.05, 4.69) is 4.90 Å². The second-order valence-electron chi connectivity index (χ2n) is 11.4. The zero-order valence-electron chi connectivity index (χ0n) is 25.1. The van der Waals surface area contributed by atoms with Gasteiger partial charge in [-0.3, -0.25) is 19.3 Å². The quantitative estimate of drug-likeness (QED) is 0.292. The lowest BCUT2D eigenvalue weighted by molar-refractivity contribution is -0.138. The number of carboxylic acid groups (broad SMARTS) is 1. The number of halogens is 4. The highest BCUT2D eigenvalue weighted by molar-refractivity contribution is 6.01. The standard InChI is InChI=1S/C33H31F4N5O5/c34-27-14-20(17-40-10-12-41(13-11-40)23-7-6-21(16-38)26(15-23)33(35,36)37)4-5-22(27)19-47-29-3-1-2-24-25(29)18-42(32(24)46)28(31(39)45)8-9-30(43)44/h1-7,14-15,28H,8-13,17-19H2,(H2,39,45)(H,43,44)/t28-/m0/s1. The highest BCUT2D eigenvalue weighted by Gasteiger charge is 2.37. The first-order valence-electron chi connectivity index (χ1n) is 14.8. The maximum absolute atomic E-state index is 15.1. The molecule has 2 amide bonds. The lowest BCUT2D eigenvalue weighted by Crippen LogP contribution is -2.46. The summed E-state index contributed by atoms with van der Waals surface area (Å²) in [5.74, 6) is -2.58. The molecular formula is C33H31F4N5O5. The second kappa shape index (κ2) is 13.7. The molecule has 1 atom stereocenters. The molecule has 2 aliphatic rings. The van der Waals surface area contributed by atoms with Crippen molar-refractivity contribution in [3.05, 3.63) is 93.8 Å². The molecule has 0 radical (unpaired) electrons. The van der Waals surface area contributed by atoms with Crippen LogP contribution in [0.3, 0.4) is 0 Å². The SMILES string of the molecule is N#Cc1ccc(N2CCN(Cc3ccc(COc4cccc5c4CN([C@@H](CCC(=O)O)C(N)=O)C5=O)c(F)c3)CC2)cc1C(F)(F)F. The predicted octanol–water partition coefficient (Wildman–Crippen LogP) is 4.29. The lowest BCUT2D eigenvalue weighted by Gasteiger charge is -2.36. The number of aliphatic carboxylic acids is 1. The van der Waals surface area contributed by atoms with Crippen LogP contribution in [0.15, 0.2) is 54.6 Å². The molecule has 3 aromatic carbocycles. The average Bonchev–Trinajstić information content (AvgIpc) is 3.36. The van der Waals surface area contributed by atoms with Gasteiger partial charge in [0.15, 0.2) is 0 Å². The van der Waals surface area contributed by atoms with Crippen LogP contribution in [-0.2, 0) is 35.5 Å². The molecule has 10 nitrogen and oxygen atoms in total. The molecule has 47 heavy (non-hydrogen) atoms. The predicted molar refractivity (Wildman–Crippen MR) is 161 cm³/mol. The van der Waals surface area contributed by atoms with Gasteiger partial charge in [0.2, 0.25) is 5.91 Å². The Morgan fingerprint density at radius 3 is 2.45 bits per heavy atom. The highest BCUT2D eigenvalue weighted by Crippen LogP contribution is 2.35. The van der Waals surface area contributed by atoms with Crippen molar-refractivity contribution < 1.29 is 41.8 Å². The normalized spacial score (nSPS) is 15.7. The van der Waals surface area contributed by atoms with Gasteiger partial charge in [-0.2, -0.15) is 18.4 Å². The largest absolute Gasteiger partial charge is 0.488 e. The number of carboxylic acids is 1. The molecule has 246 valence electrons. The molecule has 3 aromatic rings. The third-order valence-corrected chi connectivity index (χ3v) is 8.36. The first-order chi connectivity index (χ1) is 22.3. The average molecular weight is 654 g/mol. The minimum Gasteiger partial charge on any atom is -0.488 e. The monoisotopic (exact) mass is 653 g/mol. The third-order valence-electron chi connectivity index (χ3n) is 8.36. The van der Waals surface area contributed by atoms with E-state index in [0.717, 1.165) is 6.07 Å². The van der Waals surface area contributed by atoms with E-state index in [1.165, 1.54) is 23.1 Å². The number of ether oxygens (including phenoxy) is 1. The van der Waals surface area contributed by atoms with Gasteiger partial charge >= 0.3 is 12.1 Å². The number of hydrogen-bond acceptors (Lipinski definition) is 7. The molecule has 0 bridgehead atoms. The van der Waals surface area contributed by atoms with Crippen molar-refractivity contribution in [2.75, 3.05) is 31.1 Å². The van der Waals surface area contributed by atoms with Gasteiger partial charge in [0.05, 0.1) is 23.7 Å². The van der Waals surface area contributed by atoms with E-state index < -0.39 is 46.9 Å². The molecule has 0 saturated carbocycles. The Bertz CT molecular complexity index is 1730. The number of anilines is 1. The number of nitrogens with two attached hydrogens (primary N) is 1. The summed E-state index contributed by atoms with van der Waals surface area (Å²) in [6.07, 6.45) is -5.10. The van der Waals surface area contributed by atoms with Crippen molar-refractivity contribution in [2.45, 2.75) is 44.8 Å². The van der Waals surface area contributed by atoms with Crippen LogP contribution in [0.5, 0.6) is 5.75 Å². The number of piperazine rings is 1. The molecule has 0 aliphatic carbocycles. The van der Waals surface area contributed by atoms with Crippen LogP contribution >= 0.6 is 0 Å². The summed E-state index contributed by atoms with van der Waals surface area (Å²) in [5, 5.41) is 18.1. The number of benzene rings is 3. The van der Waals surface area contributed by atoms with Crippen LogP contribution in [0.25, 0.3) is 0 Å². The van der Waals surface area contributed by atoms with Crippen molar-refractivity contribution in [3.63, 3.8) is 0 Å². The van der Waals surface area contributed by atoms with Crippen LogP contribution in [0.4, 0.5) is 23.2 Å². The maximum atomic E-state index is 15.1. The Kier molecular flexibility index (Phi) is 9.67. The third kappa shape index (κ3) is 7.47. The van der Waals surface area contributed by atoms with Crippen molar-refractivity contribution in [2.24, 2.45) is 5.73 Å². The number of nitriles is 1. The van der Waals surface area contributed by atoms with Crippen LogP contribution in [-0.4, -0.2) is 64.9 Å². The molecule has 2 aliphatic heterocycles. The Morgan fingerprint density at radius 1 is 1.06 bits per heavy atom. The van der Waals surface area contributed by atoms with Gasteiger partial charge in [0.1, 0.15) is 24.2 Å². The smallest absolute Gasteiger partial charge is 0.417 e. The van der Waals surface area contributed by atoms with Crippen LogP contribution in [0.1, 0.15) is 51.0 Å². The topological polar surface area (TPSA) is 140 Å². The summed E-state index contributed by atoms with van der Waals surface area (Å²) < 4.78 is 61.2. The minimum absolute atomic E-state index is 0.0130. The zero-order valence-corrected chi connectivity index (χ0v) is 25.1. The summed E-state index contributed by atoms with van der Waals surface area (Å²) in [7, 11) is 0. The molecule has 0 spiro atoms.